The zero-order valence-electron chi connectivity index (χ0n) is 16.6. The number of benzene rings is 1. The highest BCUT2D eigenvalue weighted by molar-refractivity contribution is 6.04. The van der Waals surface area contributed by atoms with Crippen LogP contribution < -0.4 is 10.5 Å². The highest BCUT2D eigenvalue weighted by Crippen LogP contribution is 2.41. The summed E-state index contributed by atoms with van der Waals surface area (Å²) in [6.45, 7) is 8.15. The van der Waals surface area contributed by atoms with E-state index in [0.29, 0.717) is 25.7 Å². The van der Waals surface area contributed by atoms with Crippen LogP contribution in [0.5, 0.6) is 5.75 Å². The maximum atomic E-state index is 6.25. The quantitative estimate of drug-likeness (QED) is 0.407. The number of fused-ring (bicyclic) bond motifs is 1. The molecular formula is C21H34N2O3. The molecule has 2 rings (SSSR count). The first-order valence-corrected chi connectivity index (χ1v) is 10.1. The van der Waals surface area contributed by atoms with E-state index < -0.39 is 5.91 Å². The van der Waals surface area contributed by atoms with Crippen LogP contribution in [-0.2, 0) is 15.4 Å². The lowest BCUT2D eigenvalue weighted by Crippen LogP contribution is -2.30. The maximum absolute atomic E-state index is 6.25. The summed E-state index contributed by atoms with van der Waals surface area (Å²) in [6.07, 6.45) is 7.80. The van der Waals surface area contributed by atoms with Crippen molar-refractivity contribution in [1.82, 2.24) is 0 Å². The summed E-state index contributed by atoms with van der Waals surface area (Å²) in [5.74, 6) is 0.0569. The Balaban J connectivity index is 2.13. The Morgan fingerprint density at radius 3 is 2.23 bits per heavy atom. The largest absolute Gasteiger partial charge is 0.493 e. The molecule has 0 saturated carbocycles. The van der Waals surface area contributed by atoms with Gasteiger partial charge in [-0.15, -0.1) is 0 Å². The Bertz CT molecular complexity index is 579. The molecule has 0 saturated heterocycles. The number of rotatable bonds is 13. The smallest absolute Gasteiger partial charge is 0.300 e. The van der Waals surface area contributed by atoms with Gasteiger partial charge in [0.1, 0.15) is 11.6 Å². The molecule has 0 aliphatic carbocycles. The van der Waals surface area contributed by atoms with Crippen molar-refractivity contribution in [3.05, 3.63) is 29.3 Å². The Kier molecular flexibility index (Phi) is 8.39. The molecule has 0 amide bonds. The van der Waals surface area contributed by atoms with Gasteiger partial charge in [-0.3, -0.25) is 0 Å². The molecule has 146 valence electrons. The lowest BCUT2D eigenvalue weighted by molar-refractivity contribution is -0.239. The van der Waals surface area contributed by atoms with Gasteiger partial charge in [0.2, 0.25) is 0 Å². The minimum atomic E-state index is -1.13. The van der Waals surface area contributed by atoms with E-state index in [-0.39, 0.29) is 0 Å². The summed E-state index contributed by atoms with van der Waals surface area (Å²) in [5.41, 5.74) is 7.91. The number of nitrogens with zero attached hydrogens (tertiary/aromatic N) is 1. The monoisotopic (exact) mass is 362 g/mol. The van der Waals surface area contributed by atoms with Crippen LogP contribution in [0.25, 0.3) is 0 Å². The van der Waals surface area contributed by atoms with Gasteiger partial charge in [0.05, 0.1) is 30.9 Å². The van der Waals surface area contributed by atoms with Gasteiger partial charge in [0, 0.05) is 0 Å². The van der Waals surface area contributed by atoms with Crippen molar-refractivity contribution in [3.8, 4) is 5.75 Å². The third-order valence-electron chi connectivity index (χ3n) is 4.40. The molecule has 1 aliphatic rings. The van der Waals surface area contributed by atoms with Gasteiger partial charge in [-0.25, -0.2) is 4.99 Å². The van der Waals surface area contributed by atoms with Crippen LogP contribution in [0.15, 0.2) is 23.2 Å². The zero-order valence-corrected chi connectivity index (χ0v) is 16.6. The summed E-state index contributed by atoms with van der Waals surface area (Å²) in [5, 5.41) is 0. The molecule has 0 bridgehead atoms. The maximum Gasteiger partial charge on any atom is 0.300 e. The van der Waals surface area contributed by atoms with Crippen molar-refractivity contribution in [2.45, 2.75) is 71.6 Å². The van der Waals surface area contributed by atoms with E-state index in [9.17, 15) is 0 Å². The number of hydrogen-bond acceptors (Lipinski definition) is 5. The molecule has 0 atom stereocenters. The van der Waals surface area contributed by atoms with E-state index in [1.165, 1.54) is 25.7 Å². The van der Waals surface area contributed by atoms with Gasteiger partial charge < -0.3 is 19.9 Å². The predicted octanol–water partition coefficient (Wildman–Crippen LogP) is 4.72. The van der Waals surface area contributed by atoms with Crippen LogP contribution >= 0.6 is 0 Å². The lowest BCUT2D eigenvalue weighted by Gasteiger charge is -2.27. The van der Waals surface area contributed by atoms with Crippen molar-refractivity contribution in [1.29, 1.82) is 0 Å². The lowest BCUT2D eigenvalue weighted by atomic mass is 10.1. The highest BCUT2D eigenvalue weighted by Gasteiger charge is 2.43. The van der Waals surface area contributed by atoms with Crippen molar-refractivity contribution in [3.63, 3.8) is 0 Å². The molecule has 0 fully saturated rings. The fourth-order valence-electron chi connectivity index (χ4n) is 3.08. The third kappa shape index (κ3) is 4.98. The molecule has 1 aromatic carbocycles. The van der Waals surface area contributed by atoms with Crippen molar-refractivity contribution >= 4 is 5.84 Å². The first-order valence-electron chi connectivity index (χ1n) is 10.1. The van der Waals surface area contributed by atoms with Gasteiger partial charge in [0.25, 0.3) is 0 Å². The molecule has 5 heteroatoms. The second-order valence-electron chi connectivity index (χ2n) is 6.72. The summed E-state index contributed by atoms with van der Waals surface area (Å²) in [4.78, 5) is 4.56. The molecule has 0 unspecified atom stereocenters. The molecule has 2 N–H and O–H groups in total. The van der Waals surface area contributed by atoms with Crippen LogP contribution in [0.1, 0.15) is 76.8 Å². The second kappa shape index (κ2) is 10.5. The molecule has 5 nitrogen and oxygen atoms in total. The Labute approximate surface area is 157 Å². The number of amidine groups is 1. The summed E-state index contributed by atoms with van der Waals surface area (Å²) in [6, 6.07) is 5.87. The number of nitrogens with two attached hydrogens (primary N) is 1. The first-order chi connectivity index (χ1) is 12.7. The molecular weight excluding hydrogens is 328 g/mol. The van der Waals surface area contributed by atoms with E-state index in [2.05, 4.69) is 25.8 Å². The predicted molar refractivity (Wildman–Crippen MR) is 106 cm³/mol. The third-order valence-corrected chi connectivity index (χ3v) is 4.40. The minimum absolute atomic E-state index is 0.425. The summed E-state index contributed by atoms with van der Waals surface area (Å²) < 4.78 is 18.1. The van der Waals surface area contributed by atoms with Crippen LogP contribution in [0.4, 0.5) is 0 Å². The average molecular weight is 363 g/mol. The molecule has 1 aliphatic heterocycles. The normalized spacial score (nSPS) is 15.0. The zero-order chi connectivity index (χ0) is 18.8. The Hall–Kier alpha value is -1.59. The molecule has 1 aromatic rings. The van der Waals surface area contributed by atoms with Crippen molar-refractivity contribution in [2.75, 3.05) is 19.8 Å². The van der Waals surface area contributed by atoms with Crippen molar-refractivity contribution in [2.24, 2.45) is 10.7 Å². The topological polar surface area (TPSA) is 66.1 Å². The SMILES string of the molecule is CCCCCCCOc1cccc2c1C(N)=NC2(OCCC)OCCC. The number of unbranched alkanes of at least 4 members (excludes halogenated alkanes) is 4. The van der Waals surface area contributed by atoms with Gasteiger partial charge in [0.15, 0.2) is 0 Å². The van der Waals surface area contributed by atoms with Crippen LogP contribution in [0.3, 0.4) is 0 Å². The number of ether oxygens (including phenoxy) is 3. The molecule has 0 spiro atoms. The summed E-state index contributed by atoms with van der Waals surface area (Å²) >= 11 is 0. The summed E-state index contributed by atoms with van der Waals surface area (Å²) in [7, 11) is 0. The molecule has 0 radical (unpaired) electrons. The molecule has 26 heavy (non-hydrogen) atoms. The first kappa shape index (κ1) is 20.7. The molecule has 0 aromatic heterocycles. The standard InChI is InChI=1S/C21H34N2O3/c1-4-7-8-9-10-16-24-18-13-11-12-17-19(18)20(22)23-21(17,25-14-5-2)26-15-6-3/h11-13H,4-10,14-16H2,1-3H3,(H2,22,23). The van der Waals surface area contributed by atoms with E-state index in [4.69, 9.17) is 19.9 Å². The van der Waals surface area contributed by atoms with E-state index in [1.54, 1.807) is 0 Å². The van der Waals surface area contributed by atoms with Gasteiger partial charge >= 0.3 is 5.91 Å². The van der Waals surface area contributed by atoms with E-state index in [0.717, 1.165) is 36.1 Å². The Morgan fingerprint density at radius 2 is 1.58 bits per heavy atom. The average Bonchev–Trinajstić information content (AvgIpc) is 2.94. The number of aliphatic imine (C=N–C) groups is 1. The Morgan fingerprint density at radius 1 is 0.885 bits per heavy atom. The molecule has 1 heterocycles. The van der Waals surface area contributed by atoms with E-state index in [1.807, 2.05) is 18.2 Å². The van der Waals surface area contributed by atoms with Crippen LogP contribution in [-0.4, -0.2) is 25.7 Å². The fraction of sp³-hybridized carbons (Fsp3) is 0.667. The van der Waals surface area contributed by atoms with Crippen LogP contribution in [0, 0.1) is 0 Å². The number of hydrogen-bond donors (Lipinski definition) is 1. The second-order valence-corrected chi connectivity index (χ2v) is 6.72. The highest BCUT2D eigenvalue weighted by atomic mass is 16.7. The fourth-order valence-corrected chi connectivity index (χ4v) is 3.08. The van der Waals surface area contributed by atoms with Crippen LogP contribution in [0.2, 0.25) is 0 Å². The van der Waals surface area contributed by atoms with Gasteiger partial charge in [-0.2, -0.15) is 0 Å². The minimum Gasteiger partial charge on any atom is -0.493 e. The van der Waals surface area contributed by atoms with Crippen molar-refractivity contribution < 1.29 is 14.2 Å². The van der Waals surface area contributed by atoms with E-state index >= 15 is 0 Å². The van der Waals surface area contributed by atoms with Gasteiger partial charge in [-0.05, 0) is 25.3 Å². The van der Waals surface area contributed by atoms with Gasteiger partial charge in [-0.1, -0.05) is 58.6 Å².